The zero-order valence-corrected chi connectivity index (χ0v) is 17.0. The number of esters is 1. The Morgan fingerprint density at radius 2 is 1.96 bits per heavy atom. The first-order chi connectivity index (χ1) is 12.3. The van der Waals surface area contributed by atoms with Crippen LogP contribution in [0.25, 0.3) is 0 Å². The Bertz CT molecular complexity index is 609. The fourth-order valence-corrected chi connectivity index (χ4v) is 7.80. The van der Waals surface area contributed by atoms with Crippen LogP contribution in [0.2, 0.25) is 0 Å². The monoisotopic (exact) mass is 360 g/mol. The topological polar surface area (TPSA) is 46.5 Å². The molecule has 3 saturated carbocycles. The van der Waals surface area contributed by atoms with Crippen molar-refractivity contribution < 1.29 is 14.6 Å². The summed E-state index contributed by atoms with van der Waals surface area (Å²) in [5.74, 6) is 2.65. The van der Waals surface area contributed by atoms with Crippen molar-refractivity contribution in [2.75, 3.05) is 0 Å². The van der Waals surface area contributed by atoms with Crippen LogP contribution in [-0.4, -0.2) is 23.3 Å². The number of aliphatic hydroxyl groups excluding tert-OH is 1. The van der Waals surface area contributed by atoms with Crippen molar-refractivity contribution in [3.05, 3.63) is 11.6 Å². The average molecular weight is 361 g/mol. The summed E-state index contributed by atoms with van der Waals surface area (Å²) in [5.41, 5.74) is 2.18. The molecule has 0 aliphatic heterocycles. The maximum absolute atomic E-state index is 11.4. The second-order valence-electron chi connectivity index (χ2n) is 10.2. The first-order valence-corrected chi connectivity index (χ1v) is 10.8. The summed E-state index contributed by atoms with van der Waals surface area (Å²) in [5, 5.41) is 10.3. The molecular formula is C23H36O3. The van der Waals surface area contributed by atoms with Gasteiger partial charge in [-0.1, -0.05) is 25.5 Å². The van der Waals surface area contributed by atoms with Gasteiger partial charge in [-0.2, -0.15) is 0 Å². The van der Waals surface area contributed by atoms with Gasteiger partial charge in [0.2, 0.25) is 0 Å². The van der Waals surface area contributed by atoms with E-state index >= 15 is 0 Å². The van der Waals surface area contributed by atoms with Crippen LogP contribution >= 0.6 is 0 Å². The third kappa shape index (κ3) is 2.68. The first kappa shape index (κ1) is 18.5. The molecule has 3 heteroatoms. The molecule has 5 unspecified atom stereocenters. The normalized spacial score (nSPS) is 48.7. The van der Waals surface area contributed by atoms with E-state index in [1.165, 1.54) is 39.0 Å². The molecule has 8 atom stereocenters. The maximum atomic E-state index is 11.4. The molecular weight excluding hydrogens is 324 g/mol. The van der Waals surface area contributed by atoms with E-state index in [2.05, 4.69) is 19.9 Å². The lowest BCUT2D eigenvalue weighted by molar-refractivity contribution is -0.148. The van der Waals surface area contributed by atoms with Crippen molar-refractivity contribution >= 4 is 5.97 Å². The molecule has 146 valence electrons. The molecule has 0 aromatic carbocycles. The zero-order chi connectivity index (χ0) is 18.7. The number of carbonyl (C=O) groups excluding carboxylic acids is 1. The summed E-state index contributed by atoms with van der Waals surface area (Å²) in [6.07, 6.45) is 11.8. The van der Waals surface area contributed by atoms with Gasteiger partial charge in [-0.3, -0.25) is 4.79 Å². The SMILES string of the molecule is CC(=O)O[C@H]1CC[C@@]2(C)C(=CCC3C4CCC(C(C)O)[C@@]4(C)CCC32)C1. The number of carbonyl (C=O) groups is 1. The Kier molecular flexibility index (Phi) is 4.53. The Morgan fingerprint density at radius 1 is 1.19 bits per heavy atom. The summed E-state index contributed by atoms with van der Waals surface area (Å²) < 4.78 is 5.54. The van der Waals surface area contributed by atoms with Crippen LogP contribution < -0.4 is 0 Å². The largest absolute Gasteiger partial charge is 0.462 e. The number of allylic oxidation sites excluding steroid dienone is 1. The summed E-state index contributed by atoms with van der Waals surface area (Å²) in [6, 6.07) is 0. The lowest BCUT2D eigenvalue weighted by Gasteiger charge is -2.58. The molecule has 0 heterocycles. The predicted octanol–water partition coefficient (Wildman–Crippen LogP) is 4.88. The van der Waals surface area contributed by atoms with E-state index in [1.807, 2.05) is 6.92 Å². The Balaban J connectivity index is 1.58. The molecule has 0 bridgehead atoms. The lowest BCUT2D eigenvalue weighted by atomic mass is 9.47. The van der Waals surface area contributed by atoms with E-state index in [0.717, 1.165) is 37.0 Å². The molecule has 0 spiro atoms. The van der Waals surface area contributed by atoms with Gasteiger partial charge in [-0.05, 0) is 86.4 Å². The predicted molar refractivity (Wildman–Crippen MR) is 102 cm³/mol. The minimum atomic E-state index is -0.175. The molecule has 1 N–H and O–H groups in total. The second kappa shape index (κ2) is 6.36. The van der Waals surface area contributed by atoms with Crippen molar-refractivity contribution in [2.24, 2.45) is 34.5 Å². The Labute approximate surface area is 158 Å². The van der Waals surface area contributed by atoms with Gasteiger partial charge in [0.05, 0.1) is 6.10 Å². The summed E-state index contributed by atoms with van der Waals surface area (Å²) in [7, 11) is 0. The molecule has 4 aliphatic rings. The Hall–Kier alpha value is -0.830. The fourth-order valence-electron chi connectivity index (χ4n) is 7.80. The second-order valence-corrected chi connectivity index (χ2v) is 10.2. The number of rotatable bonds is 2. The molecule has 3 nitrogen and oxygen atoms in total. The highest BCUT2D eigenvalue weighted by Gasteiger charge is 2.59. The summed E-state index contributed by atoms with van der Waals surface area (Å²) >= 11 is 0. The van der Waals surface area contributed by atoms with E-state index in [0.29, 0.717) is 16.7 Å². The summed E-state index contributed by atoms with van der Waals surface area (Å²) in [4.78, 5) is 11.4. The summed E-state index contributed by atoms with van der Waals surface area (Å²) in [6.45, 7) is 8.49. The number of hydrogen-bond acceptors (Lipinski definition) is 3. The molecule has 0 aromatic rings. The van der Waals surface area contributed by atoms with E-state index < -0.39 is 0 Å². The van der Waals surface area contributed by atoms with Crippen LogP contribution in [0.4, 0.5) is 0 Å². The van der Waals surface area contributed by atoms with Crippen molar-refractivity contribution in [3.63, 3.8) is 0 Å². The fraction of sp³-hybridized carbons (Fsp3) is 0.870. The first-order valence-electron chi connectivity index (χ1n) is 10.8. The van der Waals surface area contributed by atoms with Crippen LogP contribution in [0.3, 0.4) is 0 Å². The minimum Gasteiger partial charge on any atom is -0.462 e. The van der Waals surface area contributed by atoms with Crippen molar-refractivity contribution in [3.8, 4) is 0 Å². The molecule has 4 rings (SSSR count). The molecule has 0 aromatic heterocycles. The lowest BCUT2D eigenvalue weighted by Crippen LogP contribution is -2.51. The van der Waals surface area contributed by atoms with Crippen LogP contribution in [0.15, 0.2) is 11.6 Å². The highest BCUT2D eigenvalue weighted by molar-refractivity contribution is 5.66. The van der Waals surface area contributed by atoms with Crippen molar-refractivity contribution in [1.29, 1.82) is 0 Å². The van der Waals surface area contributed by atoms with Crippen molar-refractivity contribution in [1.82, 2.24) is 0 Å². The van der Waals surface area contributed by atoms with Gasteiger partial charge < -0.3 is 9.84 Å². The molecule has 26 heavy (non-hydrogen) atoms. The average Bonchev–Trinajstić information content (AvgIpc) is 2.92. The van der Waals surface area contributed by atoms with Gasteiger partial charge in [-0.25, -0.2) is 0 Å². The van der Waals surface area contributed by atoms with Gasteiger partial charge in [0, 0.05) is 13.3 Å². The van der Waals surface area contributed by atoms with Gasteiger partial charge in [0.15, 0.2) is 0 Å². The van der Waals surface area contributed by atoms with Crippen LogP contribution in [0, 0.1) is 34.5 Å². The highest BCUT2D eigenvalue weighted by Crippen LogP contribution is 2.66. The van der Waals surface area contributed by atoms with Crippen LogP contribution in [0.5, 0.6) is 0 Å². The van der Waals surface area contributed by atoms with Crippen LogP contribution in [-0.2, 0) is 9.53 Å². The maximum Gasteiger partial charge on any atom is 0.302 e. The molecule has 4 aliphatic carbocycles. The van der Waals surface area contributed by atoms with Gasteiger partial charge >= 0.3 is 5.97 Å². The molecule has 0 saturated heterocycles. The third-order valence-electron chi connectivity index (χ3n) is 9.05. The van der Waals surface area contributed by atoms with Gasteiger partial charge in [0.1, 0.15) is 6.10 Å². The van der Waals surface area contributed by atoms with E-state index in [1.54, 1.807) is 5.57 Å². The highest BCUT2D eigenvalue weighted by atomic mass is 16.5. The zero-order valence-electron chi connectivity index (χ0n) is 17.0. The number of fused-ring (bicyclic) bond motifs is 5. The van der Waals surface area contributed by atoms with Crippen LogP contribution in [0.1, 0.15) is 79.1 Å². The van der Waals surface area contributed by atoms with Crippen molar-refractivity contribution in [2.45, 2.75) is 91.3 Å². The van der Waals surface area contributed by atoms with E-state index in [9.17, 15) is 9.90 Å². The molecule has 0 amide bonds. The smallest absolute Gasteiger partial charge is 0.302 e. The third-order valence-corrected chi connectivity index (χ3v) is 9.05. The van der Waals surface area contributed by atoms with E-state index in [-0.39, 0.29) is 18.2 Å². The molecule has 3 fully saturated rings. The number of ether oxygens (including phenoxy) is 1. The quantitative estimate of drug-likeness (QED) is 0.564. The Morgan fingerprint density at radius 3 is 2.65 bits per heavy atom. The van der Waals surface area contributed by atoms with E-state index in [4.69, 9.17) is 4.74 Å². The van der Waals surface area contributed by atoms with Gasteiger partial charge in [0.25, 0.3) is 0 Å². The minimum absolute atomic E-state index is 0.0864. The number of hydrogen-bond donors (Lipinski definition) is 1. The molecule has 0 radical (unpaired) electrons. The number of aliphatic hydroxyl groups is 1. The standard InChI is InChI=1S/C23H36O3/c1-14(24)19-7-8-20-18-6-5-16-13-17(26-15(2)25)9-11-22(16,3)21(18)10-12-23(19,20)4/h5,14,17-21,24H,6-13H2,1-4H3/t14?,17-,18?,19?,20?,21?,22-,23+/m0/s1. The van der Waals surface area contributed by atoms with Gasteiger partial charge in [-0.15, -0.1) is 0 Å².